The molecule has 1 amide bonds. The topological polar surface area (TPSA) is 47.6 Å². The molecule has 2 aromatic rings. The number of carbonyl (C=O) groups is 1. The molecular formula is C17H14BrNO3. The van der Waals surface area contributed by atoms with E-state index in [1.165, 1.54) is 5.56 Å². The summed E-state index contributed by atoms with van der Waals surface area (Å²) in [6.45, 7) is 2.28. The van der Waals surface area contributed by atoms with Crippen LogP contribution in [0.15, 0.2) is 34.8 Å². The van der Waals surface area contributed by atoms with E-state index in [1.54, 1.807) is 0 Å². The second kappa shape index (κ2) is 5.02. The lowest BCUT2D eigenvalue weighted by Gasteiger charge is -2.26. The molecule has 5 heteroatoms. The summed E-state index contributed by atoms with van der Waals surface area (Å²) in [6, 6.07) is 10.1. The Labute approximate surface area is 136 Å². The van der Waals surface area contributed by atoms with Crippen LogP contribution in [-0.4, -0.2) is 12.7 Å². The van der Waals surface area contributed by atoms with Gasteiger partial charge in [-0.1, -0.05) is 28.1 Å². The molecule has 1 N–H and O–H groups in total. The third kappa shape index (κ3) is 2.16. The maximum atomic E-state index is 12.1. The maximum absolute atomic E-state index is 12.1. The molecule has 0 fully saturated rings. The summed E-state index contributed by atoms with van der Waals surface area (Å²) in [5.41, 5.74) is 4.17. The van der Waals surface area contributed by atoms with Crippen LogP contribution in [0, 0.1) is 6.92 Å². The molecule has 2 aliphatic heterocycles. The van der Waals surface area contributed by atoms with Gasteiger partial charge in [0.25, 0.3) is 0 Å². The Hall–Kier alpha value is -2.01. The number of anilines is 1. The quantitative estimate of drug-likeness (QED) is 0.838. The zero-order valence-electron chi connectivity index (χ0n) is 12.0. The zero-order valence-corrected chi connectivity index (χ0v) is 13.6. The van der Waals surface area contributed by atoms with Crippen molar-refractivity contribution < 1.29 is 14.3 Å². The van der Waals surface area contributed by atoms with Gasteiger partial charge in [0.2, 0.25) is 12.7 Å². The first kappa shape index (κ1) is 13.6. The van der Waals surface area contributed by atoms with Gasteiger partial charge < -0.3 is 14.8 Å². The van der Waals surface area contributed by atoms with Crippen LogP contribution < -0.4 is 14.8 Å². The van der Waals surface area contributed by atoms with Gasteiger partial charge in [-0.15, -0.1) is 0 Å². The van der Waals surface area contributed by atoms with Gasteiger partial charge >= 0.3 is 0 Å². The van der Waals surface area contributed by atoms with E-state index in [-0.39, 0.29) is 18.6 Å². The lowest BCUT2D eigenvalue weighted by atomic mass is 9.84. The fourth-order valence-electron chi connectivity index (χ4n) is 2.97. The number of carbonyl (C=O) groups excluding carboxylic acids is 1. The lowest BCUT2D eigenvalue weighted by molar-refractivity contribution is -0.116. The molecule has 0 unspecified atom stereocenters. The van der Waals surface area contributed by atoms with E-state index < -0.39 is 0 Å². The van der Waals surface area contributed by atoms with Crippen molar-refractivity contribution in [3.05, 3.63) is 51.5 Å². The van der Waals surface area contributed by atoms with Crippen LogP contribution in [0.4, 0.5) is 5.69 Å². The fourth-order valence-corrected chi connectivity index (χ4v) is 3.37. The Morgan fingerprint density at radius 1 is 1.18 bits per heavy atom. The summed E-state index contributed by atoms with van der Waals surface area (Å²) < 4.78 is 11.9. The highest BCUT2D eigenvalue weighted by molar-refractivity contribution is 9.10. The highest BCUT2D eigenvalue weighted by Gasteiger charge is 2.29. The molecule has 2 aliphatic rings. The average molecular weight is 360 g/mol. The SMILES string of the molecule is Cc1ccc([C@@H]2CC(=O)Nc3cc4c(cc32)OCO4)cc1Br. The Kier molecular flexibility index (Phi) is 3.11. The molecule has 112 valence electrons. The summed E-state index contributed by atoms with van der Waals surface area (Å²) in [5.74, 6) is 1.47. The molecule has 2 heterocycles. The maximum Gasteiger partial charge on any atom is 0.231 e. The van der Waals surface area contributed by atoms with Crippen molar-refractivity contribution in [3.63, 3.8) is 0 Å². The average Bonchev–Trinajstić information content (AvgIpc) is 2.94. The summed E-state index contributed by atoms with van der Waals surface area (Å²) in [4.78, 5) is 12.1. The van der Waals surface area contributed by atoms with Crippen molar-refractivity contribution >= 4 is 27.5 Å². The van der Waals surface area contributed by atoms with Gasteiger partial charge in [-0.05, 0) is 35.7 Å². The number of rotatable bonds is 1. The second-order valence-corrected chi connectivity index (χ2v) is 6.46. The van der Waals surface area contributed by atoms with E-state index in [0.717, 1.165) is 27.0 Å². The van der Waals surface area contributed by atoms with E-state index in [0.29, 0.717) is 12.2 Å². The Morgan fingerprint density at radius 2 is 1.95 bits per heavy atom. The molecule has 4 rings (SSSR count). The normalized spacial score (nSPS) is 18.8. The van der Waals surface area contributed by atoms with Gasteiger partial charge in [0.1, 0.15) is 0 Å². The van der Waals surface area contributed by atoms with Crippen molar-refractivity contribution in [2.75, 3.05) is 12.1 Å². The molecule has 0 bridgehead atoms. The minimum absolute atomic E-state index is 0.0214. The second-order valence-electron chi connectivity index (χ2n) is 5.61. The van der Waals surface area contributed by atoms with Gasteiger partial charge in [0.05, 0.1) is 0 Å². The molecule has 4 nitrogen and oxygen atoms in total. The fraction of sp³-hybridized carbons (Fsp3) is 0.235. The lowest BCUT2D eigenvalue weighted by Crippen LogP contribution is -2.23. The van der Waals surface area contributed by atoms with Crippen molar-refractivity contribution in [1.82, 2.24) is 0 Å². The number of hydrogen-bond donors (Lipinski definition) is 1. The van der Waals surface area contributed by atoms with E-state index in [9.17, 15) is 4.79 Å². The molecule has 0 saturated carbocycles. The zero-order chi connectivity index (χ0) is 15.3. The number of hydrogen-bond acceptors (Lipinski definition) is 3. The van der Waals surface area contributed by atoms with Crippen molar-refractivity contribution in [2.45, 2.75) is 19.3 Å². The van der Waals surface area contributed by atoms with Crippen LogP contribution in [0.25, 0.3) is 0 Å². The van der Waals surface area contributed by atoms with Crippen LogP contribution in [0.1, 0.15) is 29.0 Å². The molecule has 2 aromatic carbocycles. The first-order valence-corrected chi connectivity index (χ1v) is 7.90. The van der Waals surface area contributed by atoms with Gasteiger partial charge in [-0.2, -0.15) is 0 Å². The van der Waals surface area contributed by atoms with Gasteiger partial charge in [-0.3, -0.25) is 4.79 Å². The Balaban J connectivity index is 1.84. The van der Waals surface area contributed by atoms with E-state index >= 15 is 0 Å². The van der Waals surface area contributed by atoms with Crippen LogP contribution in [-0.2, 0) is 4.79 Å². The Bertz CT molecular complexity index is 788. The van der Waals surface area contributed by atoms with E-state index in [1.807, 2.05) is 19.1 Å². The largest absolute Gasteiger partial charge is 0.454 e. The molecule has 0 spiro atoms. The predicted molar refractivity (Wildman–Crippen MR) is 86.5 cm³/mol. The van der Waals surface area contributed by atoms with Crippen LogP contribution >= 0.6 is 15.9 Å². The summed E-state index contributed by atoms with van der Waals surface area (Å²) in [5, 5.41) is 2.93. The van der Waals surface area contributed by atoms with Crippen molar-refractivity contribution in [2.24, 2.45) is 0 Å². The first-order valence-electron chi connectivity index (χ1n) is 7.11. The summed E-state index contributed by atoms with van der Waals surface area (Å²) in [6.07, 6.45) is 0.433. The molecule has 1 atom stereocenters. The number of halogens is 1. The van der Waals surface area contributed by atoms with Crippen LogP contribution in [0.2, 0.25) is 0 Å². The van der Waals surface area contributed by atoms with Crippen molar-refractivity contribution in [1.29, 1.82) is 0 Å². The predicted octanol–water partition coefficient (Wildman–Crippen LogP) is 3.96. The number of amides is 1. The van der Waals surface area contributed by atoms with Gasteiger partial charge in [0.15, 0.2) is 11.5 Å². The van der Waals surface area contributed by atoms with Gasteiger partial charge in [-0.25, -0.2) is 0 Å². The minimum Gasteiger partial charge on any atom is -0.454 e. The van der Waals surface area contributed by atoms with E-state index in [2.05, 4.69) is 39.4 Å². The molecule has 22 heavy (non-hydrogen) atoms. The summed E-state index contributed by atoms with van der Waals surface area (Å²) >= 11 is 3.57. The molecule has 0 aliphatic carbocycles. The third-order valence-corrected chi connectivity index (χ3v) is 5.04. The highest BCUT2D eigenvalue weighted by atomic mass is 79.9. The number of ether oxygens (including phenoxy) is 2. The van der Waals surface area contributed by atoms with Crippen molar-refractivity contribution in [3.8, 4) is 11.5 Å². The standard InChI is InChI=1S/C17H14BrNO3/c1-9-2-3-10(4-13(9)18)11-6-17(20)19-14-7-16-15(5-12(11)14)21-8-22-16/h2-5,7,11H,6,8H2,1H3,(H,19,20)/t11-/m0/s1. The van der Waals surface area contributed by atoms with E-state index in [4.69, 9.17) is 9.47 Å². The van der Waals surface area contributed by atoms with Gasteiger partial charge in [0, 0.05) is 28.6 Å². The monoisotopic (exact) mass is 359 g/mol. The Morgan fingerprint density at radius 3 is 2.73 bits per heavy atom. The van der Waals surface area contributed by atoms with Crippen LogP contribution in [0.3, 0.4) is 0 Å². The highest BCUT2D eigenvalue weighted by Crippen LogP contribution is 2.45. The molecule has 0 saturated heterocycles. The third-order valence-electron chi connectivity index (χ3n) is 4.18. The number of nitrogens with one attached hydrogen (secondary N) is 1. The number of aryl methyl sites for hydroxylation is 1. The minimum atomic E-state index is 0.0214. The number of benzene rings is 2. The van der Waals surface area contributed by atoms with Crippen LogP contribution in [0.5, 0.6) is 11.5 Å². The molecular weight excluding hydrogens is 346 g/mol. The molecule has 0 radical (unpaired) electrons. The summed E-state index contributed by atoms with van der Waals surface area (Å²) in [7, 11) is 0. The number of fused-ring (bicyclic) bond motifs is 2. The molecule has 0 aromatic heterocycles. The first-order chi connectivity index (χ1) is 10.6. The smallest absolute Gasteiger partial charge is 0.231 e.